The molecule has 0 saturated heterocycles. The highest BCUT2D eigenvalue weighted by atomic mass is 35.5. The summed E-state index contributed by atoms with van der Waals surface area (Å²) in [6.07, 6.45) is 8.77. The standard InChI is InChI=1S/C23H27N3O4.C19H19N3O4.ClH/c1-23(2,3)30-21(28)10-7-17-11-18-14-26(15-20(27)25-22(18)24-12-17)13-16-5-8-19(29-4)9-6-16;1-26-16-5-2-13(3-6-16)10-22-11-15-8-14(4-7-18(24)25)9-20-19(15)21-17(23)12-22;/h5-12H,13-15H2,1-4H3,(H,24,25,27);2-9H,10-12H2,1H3,(H,24,25)(H,20,21,23);1H/b10-7+;7-4+;. The fourth-order valence-electron chi connectivity index (χ4n) is 5.92. The average molecular weight is 799 g/mol. The summed E-state index contributed by atoms with van der Waals surface area (Å²) in [5, 5.41) is 14.4. The summed E-state index contributed by atoms with van der Waals surface area (Å²) in [5.74, 6) is 0.980. The van der Waals surface area contributed by atoms with Crippen LogP contribution < -0.4 is 20.1 Å². The van der Waals surface area contributed by atoms with Gasteiger partial charge in [-0.25, -0.2) is 19.6 Å². The minimum absolute atomic E-state index is 0. The third-order valence-electron chi connectivity index (χ3n) is 8.38. The second-order valence-corrected chi connectivity index (χ2v) is 14.2. The van der Waals surface area contributed by atoms with Crippen molar-refractivity contribution in [2.75, 3.05) is 37.9 Å². The Morgan fingerprint density at radius 3 is 1.53 bits per heavy atom. The van der Waals surface area contributed by atoms with Crippen molar-refractivity contribution in [3.05, 3.63) is 119 Å². The summed E-state index contributed by atoms with van der Waals surface area (Å²) >= 11 is 0. The summed E-state index contributed by atoms with van der Waals surface area (Å²) < 4.78 is 15.6. The zero-order valence-corrected chi connectivity index (χ0v) is 33.3. The third kappa shape index (κ3) is 13.9. The number of rotatable bonds is 10. The molecule has 300 valence electrons. The van der Waals surface area contributed by atoms with Gasteiger partial charge in [-0.3, -0.25) is 19.4 Å². The highest BCUT2D eigenvalue weighted by Gasteiger charge is 2.22. The van der Waals surface area contributed by atoms with Crippen LogP contribution in [0, 0.1) is 0 Å². The Morgan fingerprint density at radius 2 is 1.14 bits per heavy atom. The molecule has 0 spiro atoms. The first-order valence-electron chi connectivity index (χ1n) is 17.9. The molecule has 2 aromatic heterocycles. The summed E-state index contributed by atoms with van der Waals surface area (Å²) in [6, 6.07) is 19.3. The van der Waals surface area contributed by atoms with Crippen molar-refractivity contribution in [3.8, 4) is 11.5 Å². The molecule has 14 nitrogen and oxygen atoms in total. The van der Waals surface area contributed by atoms with Crippen LogP contribution in [0.15, 0.2) is 85.2 Å². The quantitative estimate of drug-likeness (QED) is 0.127. The molecule has 4 aromatic rings. The normalized spacial score (nSPS) is 14.4. The van der Waals surface area contributed by atoms with Gasteiger partial charge in [-0.05, 0) is 91.6 Å². The van der Waals surface area contributed by atoms with E-state index >= 15 is 0 Å². The molecule has 3 N–H and O–H groups in total. The van der Waals surface area contributed by atoms with E-state index in [1.165, 1.54) is 18.3 Å². The van der Waals surface area contributed by atoms with Crippen molar-refractivity contribution >= 4 is 59.9 Å². The molecule has 2 aliphatic rings. The number of aliphatic carboxylic acids is 1. The van der Waals surface area contributed by atoms with E-state index < -0.39 is 17.5 Å². The SMILES string of the molecule is COc1ccc(CN2CC(=O)Nc3ncc(/C=C/C(=O)O)cc3C2)cc1.COc1ccc(CN2CC(=O)Nc3ncc(/C=C/C(=O)OC(C)(C)C)cc3C2)cc1.Cl. The van der Waals surface area contributed by atoms with E-state index in [2.05, 4.69) is 20.6 Å². The number of fused-ring (bicyclic) bond motifs is 2. The number of halogens is 1. The molecule has 0 bridgehead atoms. The van der Waals surface area contributed by atoms with Gasteiger partial charge < -0.3 is 30.0 Å². The van der Waals surface area contributed by atoms with E-state index in [-0.39, 0.29) is 37.3 Å². The molecule has 0 aliphatic carbocycles. The molecule has 0 radical (unpaired) electrons. The van der Waals surface area contributed by atoms with Crippen molar-refractivity contribution in [1.82, 2.24) is 19.8 Å². The van der Waals surface area contributed by atoms with Gasteiger partial charge in [0.1, 0.15) is 28.7 Å². The van der Waals surface area contributed by atoms with Gasteiger partial charge in [-0.15, -0.1) is 12.4 Å². The first-order chi connectivity index (χ1) is 26.7. The van der Waals surface area contributed by atoms with Crippen LogP contribution in [0.2, 0.25) is 0 Å². The van der Waals surface area contributed by atoms with Gasteiger partial charge in [0.25, 0.3) is 0 Å². The van der Waals surface area contributed by atoms with Crippen LogP contribution in [-0.2, 0) is 50.1 Å². The van der Waals surface area contributed by atoms with Gasteiger partial charge >= 0.3 is 11.9 Å². The molecule has 4 heterocycles. The van der Waals surface area contributed by atoms with Crippen LogP contribution in [0.3, 0.4) is 0 Å². The second-order valence-electron chi connectivity index (χ2n) is 14.2. The maximum absolute atomic E-state index is 12.3. The molecule has 2 amide bonds. The third-order valence-corrected chi connectivity index (χ3v) is 8.38. The first kappa shape index (κ1) is 43.6. The average Bonchev–Trinajstić information content (AvgIpc) is 3.41. The summed E-state index contributed by atoms with van der Waals surface area (Å²) in [5.41, 5.74) is 4.78. The highest BCUT2D eigenvalue weighted by molar-refractivity contribution is 5.94. The Morgan fingerprint density at radius 1 is 0.719 bits per heavy atom. The Kier molecular flexibility index (Phi) is 15.5. The van der Waals surface area contributed by atoms with E-state index in [4.69, 9.17) is 19.3 Å². The zero-order valence-electron chi connectivity index (χ0n) is 32.5. The summed E-state index contributed by atoms with van der Waals surface area (Å²) in [6.45, 7) is 8.30. The van der Waals surface area contributed by atoms with Gasteiger partial charge in [0, 0.05) is 61.9 Å². The molecule has 15 heteroatoms. The number of ether oxygens (including phenoxy) is 3. The number of nitrogens with zero attached hydrogens (tertiary/aromatic N) is 4. The molecule has 0 atom stereocenters. The van der Waals surface area contributed by atoms with Gasteiger partial charge in [-0.1, -0.05) is 24.3 Å². The topological polar surface area (TPSA) is 173 Å². The Bertz CT molecular complexity index is 2100. The first-order valence-corrected chi connectivity index (χ1v) is 17.9. The predicted octanol–water partition coefficient (Wildman–Crippen LogP) is 5.96. The lowest BCUT2D eigenvalue weighted by molar-refractivity contribution is -0.148. The number of hydrogen-bond donors (Lipinski definition) is 3. The molecule has 57 heavy (non-hydrogen) atoms. The van der Waals surface area contributed by atoms with Crippen LogP contribution in [-0.4, -0.2) is 81.5 Å². The molecular weight excluding hydrogens is 752 g/mol. The number of benzene rings is 2. The van der Waals surface area contributed by atoms with E-state index in [0.29, 0.717) is 43.4 Å². The number of aromatic nitrogens is 2. The number of carbonyl (C=O) groups is 4. The maximum Gasteiger partial charge on any atom is 0.331 e. The van der Waals surface area contributed by atoms with Gasteiger partial charge in [0.15, 0.2) is 0 Å². The number of carboxylic acid groups (broad SMARTS) is 1. The van der Waals surface area contributed by atoms with Crippen LogP contribution >= 0.6 is 12.4 Å². The van der Waals surface area contributed by atoms with Gasteiger partial charge in [-0.2, -0.15) is 0 Å². The minimum Gasteiger partial charge on any atom is -0.497 e. The molecule has 2 aromatic carbocycles. The Hall–Kier alpha value is -6.09. The number of methoxy groups -OCH3 is 2. The molecule has 6 rings (SSSR count). The number of hydrogen-bond acceptors (Lipinski definition) is 11. The number of esters is 1. The molecule has 0 fully saturated rings. The lowest BCUT2D eigenvalue weighted by atomic mass is 10.1. The van der Waals surface area contributed by atoms with E-state index in [1.807, 2.05) is 91.2 Å². The molecule has 2 aliphatic heterocycles. The number of pyridine rings is 2. The van der Waals surface area contributed by atoms with Gasteiger partial charge in [0.05, 0.1) is 27.3 Å². The lowest BCUT2D eigenvalue weighted by Gasteiger charge is -2.19. The zero-order chi connectivity index (χ0) is 40.2. The lowest BCUT2D eigenvalue weighted by Crippen LogP contribution is -2.29. The van der Waals surface area contributed by atoms with Crippen molar-refractivity contribution in [1.29, 1.82) is 0 Å². The predicted molar refractivity (Wildman–Crippen MR) is 219 cm³/mol. The smallest absolute Gasteiger partial charge is 0.331 e. The Balaban J connectivity index is 0.000000251. The van der Waals surface area contributed by atoms with E-state index in [9.17, 15) is 19.2 Å². The van der Waals surface area contributed by atoms with Crippen molar-refractivity contribution in [2.45, 2.75) is 52.6 Å². The Labute approximate surface area is 338 Å². The van der Waals surface area contributed by atoms with Crippen LogP contribution in [0.1, 0.15) is 54.2 Å². The number of carbonyl (C=O) groups excluding carboxylic acids is 3. The highest BCUT2D eigenvalue weighted by Crippen LogP contribution is 2.24. The second kappa shape index (κ2) is 20.2. The summed E-state index contributed by atoms with van der Waals surface area (Å²) in [7, 11) is 3.25. The van der Waals surface area contributed by atoms with Crippen molar-refractivity contribution < 1.29 is 38.5 Å². The van der Waals surface area contributed by atoms with E-state index in [1.54, 1.807) is 26.5 Å². The molecule has 0 unspecified atom stereocenters. The largest absolute Gasteiger partial charge is 0.497 e. The van der Waals surface area contributed by atoms with Crippen molar-refractivity contribution in [3.63, 3.8) is 0 Å². The van der Waals surface area contributed by atoms with Crippen LogP contribution in [0.4, 0.5) is 11.6 Å². The van der Waals surface area contributed by atoms with Gasteiger partial charge in [0.2, 0.25) is 11.8 Å². The fraction of sp³-hybridized carbons (Fsp3) is 0.286. The molecule has 0 saturated carbocycles. The molecular formula is C42H47ClN6O8. The number of anilines is 2. The number of nitrogens with one attached hydrogen (secondary N) is 2. The number of carboxylic acids is 1. The fourth-order valence-corrected chi connectivity index (χ4v) is 5.92. The van der Waals surface area contributed by atoms with Crippen LogP contribution in [0.25, 0.3) is 12.2 Å². The minimum atomic E-state index is -1.02. The maximum atomic E-state index is 12.3. The van der Waals surface area contributed by atoms with Crippen LogP contribution in [0.5, 0.6) is 11.5 Å². The van der Waals surface area contributed by atoms with E-state index in [0.717, 1.165) is 45.4 Å². The number of amides is 2. The monoisotopic (exact) mass is 798 g/mol. The summed E-state index contributed by atoms with van der Waals surface area (Å²) in [4.78, 5) is 59.7. The van der Waals surface area contributed by atoms with Crippen molar-refractivity contribution in [2.24, 2.45) is 0 Å².